The van der Waals surface area contributed by atoms with Crippen molar-refractivity contribution in [2.24, 2.45) is 23.2 Å². The highest BCUT2D eigenvalue weighted by molar-refractivity contribution is 5.76. The van der Waals surface area contributed by atoms with Gasteiger partial charge in [-0.3, -0.25) is 9.59 Å². The molecule has 1 saturated carbocycles. The minimum Gasteiger partial charge on any atom is -0.459 e. The van der Waals surface area contributed by atoms with Gasteiger partial charge in [0.15, 0.2) is 0 Å². The summed E-state index contributed by atoms with van der Waals surface area (Å²) < 4.78 is 81.0. The van der Waals surface area contributed by atoms with Crippen molar-refractivity contribution in [1.29, 1.82) is 0 Å². The Kier molecular flexibility index (Phi) is 11.9. The number of carbonyl (C=O) groups excluding carboxylic acids is 2. The number of carbonyl (C=O) groups is 2. The van der Waals surface area contributed by atoms with E-state index in [1.54, 1.807) is 0 Å². The summed E-state index contributed by atoms with van der Waals surface area (Å²) in [6.07, 6.45) is -9.53. The lowest BCUT2D eigenvalue weighted by Crippen LogP contribution is -2.46. The Balaban J connectivity index is 0.000000646. The lowest BCUT2D eigenvalue weighted by molar-refractivity contribution is -0.314. The molecule has 0 spiro atoms. The molecule has 202 valence electrons. The van der Waals surface area contributed by atoms with Crippen LogP contribution in [0.4, 0.5) is 26.3 Å². The SMILES string of the molecule is CCC(C)(C)C(=O)OC(C)(C)C1CCC(C)CC1.CCC(C)C(=O)OC(C(F)(F)F)C(F)(F)F. The molecule has 0 N–H and O–H groups in total. The van der Waals surface area contributed by atoms with E-state index in [-0.39, 0.29) is 23.4 Å². The largest absolute Gasteiger partial charge is 0.459 e. The first-order valence-electron chi connectivity index (χ1n) is 11.8. The van der Waals surface area contributed by atoms with Crippen LogP contribution < -0.4 is 0 Å². The number of rotatable bonds is 7. The summed E-state index contributed by atoms with van der Waals surface area (Å²) >= 11 is 0. The van der Waals surface area contributed by atoms with Gasteiger partial charge in [0.1, 0.15) is 5.60 Å². The molecular weight excluding hydrogens is 466 g/mol. The first kappa shape index (κ1) is 32.5. The lowest BCUT2D eigenvalue weighted by atomic mass is 9.75. The molecule has 1 unspecified atom stereocenters. The third-order valence-electron chi connectivity index (χ3n) is 6.63. The molecule has 0 aromatic carbocycles. The number of ether oxygens (including phenoxy) is 2. The summed E-state index contributed by atoms with van der Waals surface area (Å²) in [5.41, 5.74) is -0.678. The second-order valence-corrected chi connectivity index (χ2v) is 10.4. The van der Waals surface area contributed by atoms with Gasteiger partial charge in [-0.15, -0.1) is 0 Å². The van der Waals surface area contributed by atoms with E-state index in [9.17, 15) is 35.9 Å². The fraction of sp³-hybridized carbons (Fsp3) is 0.917. The summed E-state index contributed by atoms with van der Waals surface area (Å²) in [6, 6.07) is 0. The van der Waals surface area contributed by atoms with Crippen LogP contribution in [-0.2, 0) is 19.1 Å². The molecule has 1 rings (SSSR count). The van der Waals surface area contributed by atoms with Crippen molar-refractivity contribution in [1.82, 2.24) is 0 Å². The number of esters is 2. The van der Waals surface area contributed by atoms with E-state index in [1.807, 2.05) is 20.8 Å². The molecule has 0 heterocycles. The normalized spacial score (nSPS) is 20.8. The van der Waals surface area contributed by atoms with Crippen molar-refractivity contribution in [2.75, 3.05) is 0 Å². The van der Waals surface area contributed by atoms with E-state index in [0.717, 1.165) is 12.3 Å². The van der Waals surface area contributed by atoms with E-state index in [2.05, 4.69) is 25.5 Å². The molecular formula is C24H40F6O4. The smallest absolute Gasteiger partial charge is 0.434 e. The second-order valence-electron chi connectivity index (χ2n) is 10.4. The van der Waals surface area contributed by atoms with Gasteiger partial charge >= 0.3 is 24.3 Å². The van der Waals surface area contributed by atoms with Crippen molar-refractivity contribution < 1.29 is 45.4 Å². The summed E-state index contributed by atoms with van der Waals surface area (Å²) in [5.74, 6) is -1.21. The van der Waals surface area contributed by atoms with E-state index < -0.39 is 30.3 Å². The van der Waals surface area contributed by atoms with Crippen LogP contribution in [0.1, 0.15) is 93.9 Å². The van der Waals surface area contributed by atoms with Crippen LogP contribution in [0.2, 0.25) is 0 Å². The number of hydrogen-bond donors (Lipinski definition) is 0. The fourth-order valence-corrected chi connectivity index (χ4v) is 3.28. The average Bonchev–Trinajstić information content (AvgIpc) is 2.69. The van der Waals surface area contributed by atoms with Crippen molar-refractivity contribution in [2.45, 2.75) is 118 Å². The van der Waals surface area contributed by atoms with Crippen molar-refractivity contribution >= 4 is 11.9 Å². The fourth-order valence-electron chi connectivity index (χ4n) is 3.28. The second kappa shape index (κ2) is 12.5. The highest BCUT2D eigenvalue weighted by Crippen LogP contribution is 2.39. The first-order valence-corrected chi connectivity index (χ1v) is 11.8. The maximum Gasteiger partial charge on any atom is 0.434 e. The number of halogens is 6. The minimum absolute atomic E-state index is 0.0476. The Morgan fingerprint density at radius 2 is 1.32 bits per heavy atom. The van der Waals surface area contributed by atoms with Crippen molar-refractivity contribution in [3.05, 3.63) is 0 Å². The van der Waals surface area contributed by atoms with Gasteiger partial charge < -0.3 is 9.47 Å². The van der Waals surface area contributed by atoms with Crippen LogP contribution in [0.25, 0.3) is 0 Å². The van der Waals surface area contributed by atoms with Gasteiger partial charge in [0.25, 0.3) is 6.10 Å². The minimum atomic E-state index is -5.65. The molecule has 10 heteroatoms. The molecule has 0 radical (unpaired) electrons. The van der Waals surface area contributed by atoms with Crippen LogP contribution in [0, 0.1) is 23.2 Å². The molecule has 0 aromatic rings. The monoisotopic (exact) mass is 506 g/mol. The number of alkyl halides is 6. The quantitative estimate of drug-likeness (QED) is 0.263. The van der Waals surface area contributed by atoms with E-state index in [0.29, 0.717) is 5.92 Å². The topological polar surface area (TPSA) is 52.6 Å². The molecule has 1 fully saturated rings. The molecule has 0 aromatic heterocycles. The standard InChI is InChI=1S/C16H30O2.C8H10F6O2/c1-7-15(3,4)14(17)18-16(5,6)13-10-8-12(2)9-11-13;1-3-4(2)5(15)16-6(7(9,10)11)8(12,13)14/h12-13H,7-11H2,1-6H3;4,6H,3H2,1-2H3. The Bertz CT molecular complexity index is 633. The van der Waals surface area contributed by atoms with Gasteiger partial charge in [0.05, 0.1) is 11.3 Å². The molecule has 1 atom stereocenters. The van der Waals surface area contributed by atoms with E-state index in [4.69, 9.17) is 4.74 Å². The predicted molar refractivity (Wildman–Crippen MR) is 117 cm³/mol. The number of hydrogen-bond acceptors (Lipinski definition) is 4. The van der Waals surface area contributed by atoms with Gasteiger partial charge in [-0.1, -0.05) is 40.5 Å². The highest BCUT2D eigenvalue weighted by atomic mass is 19.4. The van der Waals surface area contributed by atoms with Crippen LogP contribution in [0.15, 0.2) is 0 Å². The van der Waals surface area contributed by atoms with Crippen LogP contribution in [-0.4, -0.2) is 36.0 Å². The summed E-state index contributed by atoms with van der Waals surface area (Å²) in [4.78, 5) is 23.1. The highest BCUT2D eigenvalue weighted by Gasteiger charge is 2.60. The van der Waals surface area contributed by atoms with Gasteiger partial charge in [0, 0.05) is 0 Å². The van der Waals surface area contributed by atoms with Crippen LogP contribution in [0.3, 0.4) is 0 Å². The Morgan fingerprint density at radius 1 is 0.882 bits per heavy atom. The third kappa shape index (κ3) is 10.4. The Hall–Kier alpha value is -1.48. The van der Waals surface area contributed by atoms with Crippen molar-refractivity contribution in [3.8, 4) is 0 Å². The molecule has 1 aliphatic rings. The van der Waals surface area contributed by atoms with E-state index in [1.165, 1.54) is 39.5 Å². The zero-order valence-corrected chi connectivity index (χ0v) is 21.5. The van der Waals surface area contributed by atoms with Gasteiger partial charge in [-0.2, -0.15) is 26.3 Å². The van der Waals surface area contributed by atoms with Crippen molar-refractivity contribution in [3.63, 3.8) is 0 Å². The zero-order chi connectivity index (χ0) is 27.1. The molecule has 0 bridgehead atoms. The summed E-state index contributed by atoms with van der Waals surface area (Å²) in [6.45, 7) is 15.1. The average molecular weight is 507 g/mol. The molecule has 0 amide bonds. The third-order valence-corrected chi connectivity index (χ3v) is 6.63. The Labute approximate surface area is 199 Å². The van der Waals surface area contributed by atoms with Gasteiger partial charge in [-0.05, 0) is 65.2 Å². The molecule has 34 heavy (non-hydrogen) atoms. The summed E-state index contributed by atoms with van der Waals surface area (Å²) in [7, 11) is 0. The zero-order valence-electron chi connectivity index (χ0n) is 21.5. The molecule has 0 saturated heterocycles. The van der Waals surface area contributed by atoms with Crippen LogP contribution in [0.5, 0.6) is 0 Å². The van der Waals surface area contributed by atoms with Crippen LogP contribution >= 0.6 is 0 Å². The van der Waals surface area contributed by atoms with Gasteiger partial charge in [-0.25, -0.2) is 0 Å². The first-order chi connectivity index (χ1) is 15.2. The maximum atomic E-state index is 12.2. The van der Waals surface area contributed by atoms with E-state index >= 15 is 0 Å². The molecule has 0 aliphatic heterocycles. The Morgan fingerprint density at radius 3 is 1.68 bits per heavy atom. The molecule has 4 nitrogen and oxygen atoms in total. The summed E-state index contributed by atoms with van der Waals surface area (Å²) in [5, 5.41) is 0. The predicted octanol–water partition coefficient (Wildman–Crippen LogP) is 7.64. The molecule has 1 aliphatic carbocycles. The van der Waals surface area contributed by atoms with Gasteiger partial charge in [0.2, 0.25) is 0 Å². The maximum absolute atomic E-state index is 12.2. The lowest BCUT2D eigenvalue weighted by Gasteiger charge is -2.39.